The molecule has 0 saturated carbocycles. The summed E-state index contributed by atoms with van der Waals surface area (Å²) in [6.45, 7) is 4.19. The average molecular weight is 573 g/mol. The fraction of sp³-hybridized carbons (Fsp3) is 0.767. The number of amides is 1. The van der Waals surface area contributed by atoms with E-state index in [9.17, 15) is 19.4 Å². The van der Waals surface area contributed by atoms with E-state index in [2.05, 4.69) is 36.5 Å². The van der Waals surface area contributed by atoms with Crippen molar-refractivity contribution < 1.29 is 32.9 Å². The Morgan fingerprint density at radius 2 is 1.44 bits per heavy atom. The highest BCUT2D eigenvalue weighted by molar-refractivity contribution is 7.45. The van der Waals surface area contributed by atoms with Gasteiger partial charge in [0.25, 0.3) is 7.82 Å². The molecule has 0 spiro atoms. The number of carbonyl (C=O) groups is 1. The number of phosphoric ester groups is 1. The molecule has 0 rings (SSSR count). The summed E-state index contributed by atoms with van der Waals surface area (Å²) in [5.74, 6) is -0.269. The monoisotopic (exact) mass is 572 g/mol. The number of phosphoric acid groups is 1. The zero-order chi connectivity index (χ0) is 29.4. The van der Waals surface area contributed by atoms with E-state index < -0.39 is 26.6 Å². The van der Waals surface area contributed by atoms with Gasteiger partial charge in [-0.2, -0.15) is 0 Å². The van der Waals surface area contributed by atoms with Gasteiger partial charge in [0.2, 0.25) is 5.91 Å². The van der Waals surface area contributed by atoms with Gasteiger partial charge in [0.05, 0.1) is 39.9 Å². The second-order valence-electron chi connectivity index (χ2n) is 11.1. The third-order valence-electron chi connectivity index (χ3n) is 6.05. The van der Waals surface area contributed by atoms with Crippen LogP contribution >= 0.6 is 7.82 Å². The molecule has 0 saturated heterocycles. The number of aliphatic hydroxyl groups is 1. The first-order chi connectivity index (χ1) is 18.5. The van der Waals surface area contributed by atoms with E-state index in [1.807, 2.05) is 34.1 Å². The second-order valence-corrected chi connectivity index (χ2v) is 12.5. The Bertz CT molecular complexity index is 748. The summed E-state index contributed by atoms with van der Waals surface area (Å²) in [6.07, 6.45) is 24.9. The lowest BCUT2D eigenvalue weighted by Gasteiger charge is -2.29. The Morgan fingerprint density at radius 1 is 0.872 bits per heavy atom. The lowest BCUT2D eigenvalue weighted by Crippen LogP contribution is -2.45. The number of likely N-dealkylation sites (N-methyl/N-ethyl adjacent to an activating group) is 1. The smallest absolute Gasteiger partial charge is 0.268 e. The van der Waals surface area contributed by atoms with Crippen molar-refractivity contribution in [2.24, 2.45) is 0 Å². The summed E-state index contributed by atoms with van der Waals surface area (Å²) in [6, 6.07) is -0.900. The number of rotatable bonds is 25. The molecule has 8 nitrogen and oxygen atoms in total. The molecule has 0 heterocycles. The molecule has 3 atom stereocenters. The topological polar surface area (TPSA) is 108 Å². The highest BCUT2D eigenvalue weighted by Crippen LogP contribution is 2.38. The average Bonchev–Trinajstić information content (AvgIpc) is 2.85. The van der Waals surface area contributed by atoms with Crippen LogP contribution in [-0.4, -0.2) is 68.5 Å². The van der Waals surface area contributed by atoms with Gasteiger partial charge in [0.15, 0.2) is 0 Å². The van der Waals surface area contributed by atoms with Crippen molar-refractivity contribution in [2.45, 2.75) is 109 Å². The first-order valence-electron chi connectivity index (χ1n) is 14.9. The number of aliphatic hydroxyl groups excluding tert-OH is 1. The molecule has 0 aliphatic carbocycles. The van der Waals surface area contributed by atoms with E-state index in [4.69, 9.17) is 9.05 Å². The van der Waals surface area contributed by atoms with Crippen molar-refractivity contribution in [3.8, 4) is 0 Å². The van der Waals surface area contributed by atoms with Crippen LogP contribution in [0.3, 0.4) is 0 Å². The summed E-state index contributed by atoms with van der Waals surface area (Å²) in [5, 5.41) is 13.2. The summed E-state index contributed by atoms with van der Waals surface area (Å²) >= 11 is 0. The van der Waals surface area contributed by atoms with Gasteiger partial charge >= 0.3 is 0 Å². The lowest BCUT2D eigenvalue weighted by atomic mass is 10.1. The van der Waals surface area contributed by atoms with Crippen LogP contribution < -0.4 is 10.2 Å². The van der Waals surface area contributed by atoms with Gasteiger partial charge in [-0.3, -0.25) is 9.36 Å². The Labute approximate surface area is 238 Å². The van der Waals surface area contributed by atoms with E-state index >= 15 is 0 Å². The minimum absolute atomic E-state index is 0.0113. The number of allylic oxidation sites excluding steroid dienone is 5. The summed E-state index contributed by atoms with van der Waals surface area (Å²) < 4.78 is 22.6. The number of unbranched alkanes of at least 4 members (excludes halogenated alkanes) is 8. The van der Waals surface area contributed by atoms with Crippen LogP contribution in [0.2, 0.25) is 0 Å². The van der Waals surface area contributed by atoms with Crippen LogP contribution in [0.15, 0.2) is 36.5 Å². The molecular weight excluding hydrogens is 515 g/mol. The maximum Gasteiger partial charge on any atom is 0.268 e. The standard InChI is InChI=1S/C30H57N2O6P/c1-6-8-9-10-11-12-13-14-15-16-17-18-19-20-21-22-24-29(33)28(31-30(34)23-7-2)27-38-39(35,36)37-26-25-32(3,4)5/h14-15,18-19,22,24,28-29,33H,6-13,16-17,20-21,23,25-27H2,1-5H3,(H-,31,34,35,36)/b15-14+,19-18+,24-22+. The predicted molar refractivity (Wildman–Crippen MR) is 159 cm³/mol. The maximum atomic E-state index is 12.1. The van der Waals surface area contributed by atoms with Gasteiger partial charge in [0.1, 0.15) is 13.2 Å². The molecule has 0 radical (unpaired) electrons. The second kappa shape index (κ2) is 23.4. The van der Waals surface area contributed by atoms with E-state index in [-0.39, 0.29) is 18.9 Å². The summed E-state index contributed by atoms with van der Waals surface area (Å²) in [7, 11) is 1.22. The summed E-state index contributed by atoms with van der Waals surface area (Å²) in [5.41, 5.74) is 0. The zero-order valence-electron chi connectivity index (χ0n) is 25.3. The van der Waals surface area contributed by atoms with Crippen LogP contribution in [0.25, 0.3) is 0 Å². The van der Waals surface area contributed by atoms with Crippen LogP contribution in [-0.2, 0) is 18.4 Å². The fourth-order valence-electron chi connectivity index (χ4n) is 3.64. The van der Waals surface area contributed by atoms with Crippen LogP contribution in [0.1, 0.15) is 97.3 Å². The molecule has 228 valence electrons. The summed E-state index contributed by atoms with van der Waals surface area (Å²) in [4.78, 5) is 24.2. The molecule has 39 heavy (non-hydrogen) atoms. The Hall–Kier alpha value is -1.28. The number of quaternary nitrogens is 1. The predicted octanol–water partition coefficient (Wildman–Crippen LogP) is 5.82. The third-order valence-corrected chi connectivity index (χ3v) is 7.01. The quantitative estimate of drug-likeness (QED) is 0.0618. The molecule has 0 aromatic heterocycles. The van der Waals surface area contributed by atoms with Gasteiger partial charge in [0, 0.05) is 6.42 Å². The van der Waals surface area contributed by atoms with E-state index in [0.717, 1.165) is 25.7 Å². The zero-order valence-corrected chi connectivity index (χ0v) is 26.2. The normalized spacial score (nSPS) is 15.8. The number of hydrogen-bond acceptors (Lipinski definition) is 6. The molecular formula is C30H57N2O6P. The van der Waals surface area contributed by atoms with Gasteiger partial charge in [-0.1, -0.05) is 82.4 Å². The first kappa shape index (κ1) is 37.7. The molecule has 0 aromatic rings. The lowest BCUT2D eigenvalue weighted by molar-refractivity contribution is -0.870. The van der Waals surface area contributed by atoms with Crippen molar-refractivity contribution >= 4 is 13.7 Å². The molecule has 3 unspecified atom stereocenters. The van der Waals surface area contributed by atoms with Gasteiger partial charge in [-0.25, -0.2) is 0 Å². The van der Waals surface area contributed by atoms with Crippen LogP contribution in [0.5, 0.6) is 0 Å². The highest BCUT2D eigenvalue weighted by atomic mass is 31.2. The maximum absolute atomic E-state index is 12.1. The van der Waals surface area contributed by atoms with Crippen molar-refractivity contribution in [3.05, 3.63) is 36.5 Å². The number of carbonyl (C=O) groups excluding carboxylic acids is 1. The van der Waals surface area contributed by atoms with Crippen molar-refractivity contribution in [1.82, 2.24) is 5.32 Å². The minimum atomic E-state index is -4.56. The minimum Gasteiger partial charge on any atom is -0.756 e. The van der Waals surface area contributed by atoms with Crippen molar-refractivity contribution in [3.63, 3.8) is 0 Å². The molecule has 9 heteroatoms. The Morgan fingerprint density at radius 3 is 2.03 bits per heavy atom. The van der Waals surface area contributed by atoms with Crippen molar-refractivity contribution in [1.29, 1.82) is 0 Å². The molecule has 1 amide bonds. The van der Waals surface area contributed by atoms with Gasteiger partial charge in [-0.05, 0) is 44.9 Å². The van der Waals surface area contributed by atoms with E-state index in [0.29, 0.717) is 17.4 Å². The molecule has 0 aliphatic rings. The van der Waals surface area contributed by atoms with Gasteiger partial charge in [-0.15, -0.1) is 0 Å². The number of hydrogen-bond donors (Lipinski definition) is 2. The highest BCUT2D eigenvalue weighted by Gasteiger charge is 2.22. The van der Waals surface area contributed by atoms with E-state index in [1.165, 1.54) is 44.9 Å². The largest absolute Gasteiger partial charge is 0.756 e. The number of nitrogens with zero attached hydrogens (tertiary/aromatic N) is 1. The van der Waals surface area contributed by atoms with Crippen molar-refractivity contribution in [2.75, 3.05) is 40.9 Å². The van der Waals surface area contributed by atoms with Gasteiger partial charge < -0.3 is 28.8 Å². The first-order valence-corrected chi connectivity index (χ1v) is 16.3. The van der Waals surface area contributed by atoms with Crippen LogP contribution in [0, 0.1) is 0 Å². The molecule has 0 aliphatic heterocycles. The molecule has 0 bridgehead atoms. The third kappa shape index (κ3) is 25.4. The SMILES string of the molecule is CCCCCCCC/C=C/CC/C=C/CC/C=C/C(O)C(COP(=O)([O-])OCC[N+](C)(C)C)NC(=O)CCC. The Kier molecular flexibility index (Phi) is 22.7. The van der Waals surface area contributed by atoms with E-state index in [1.54, 1.807) is 6.08 Å². The molecule has 0 aromatic carbocycles. The Balaban J connectivity index is 4.39. The number of nitrogens with one attached hydrogen (secondary N) is 1. The fourth-order valence-corrected chi connectivity index (χ4v) is 4.36. The molecule has 0 fully saturated rings. The molecule has 2 N–H and O–H groups in total. The van der Waals surface area contributed by atoms with Crippen LogP contribution in [0.4, 0.5) is 0 Å².